The average molecular weight is 488 g/mol. The minimum Gasteiger partial charge on any atom is -0.493 e. The van der Waals surface area contributed by atoms with E-state index < -0.39 is 0 Å². The normalized spacial score (nSPS) is 16.4. The second kappa shape index (κ2) is 11.1. The van der Waals surface area contributed by atoms with E-state index in [2.05, 4.69) is 16.8 Å². The Hall–Kier alpha value is -2.74. The maximum absolute atomic E-state index is 13.6. The van der Waals surface area contributed by atoms with Gasteiger partial charge in [0.2, 0.25) is 5.91 Å². The highest BCUT2D eigenvalue weighted by Gasteiger charge is 2.35. The SMILES string of the molecule is CC[C@@H](C)N(CC(=O)N1CCc2sccc2[C@H]1COc1ccccc1OC)C(=O)NC(C)(C)C. The number of benzene rings is 1. The molecule has 0 saturated heterocycles. The number of fused-ring (bicyclic) bond motifs is 1. The van der Waals surface area contributed by atoms with Crippen molar-refractivity contribution >= 4 is 23.3 Å². The van der Waals surface area contributed by atoms with Gasteiger partial charge in [-0.2, -0.15) is 0 Å². The summed E-state index contributed by atoms with van der Waals surface area (Å²) in [7, 11) is 1.61. The summed E-state index contributed by atoms with van der Waals surface area (Å²) < 4.78 is 11.6. The van der Waals surface area contributed by atoms with Gasteiger partial charge in [-0.05, 0) is 69.7 Å². The molecular formula is C26H37N3O4S. The van der Waals surface area contributed by atoms with Crippen LogP contribution in [0.5, 0.6) is 11.5 Å². The number of methoxy groups -OCH3 is 1. The lowest BCUT2D eigenvalue weighted by molar-refractivity contribution is -0.136. The summed E-state index contributed by atoms with van der Waals surface area (Å²) in [6.07, 6.45) is 1.57. The van der Waals surface area contributed by atoms with Gasteiger partial charge in [0, 0.05) is 23.0 Å². The Morgan fingerprint density at radius 3 is 2.59 bits per heavy atom. The predicted octanol–water partition coefficient (Wildman–Crippen LogP) is 4.87. The van der Waals surface area contributed by atoms with Gasteiger partial charge in [-0.1, -0.05) is 19.1 Å². The van der Waals surface area contributed by atoms with Gasteiger partial charge >= 0.3 is 6.03 Å². The number of ether oxygens (including phenoxy) is 2. The van der Waals surface area contributed by atoms with Crippen molar-refractivity contribution in [3.63, 3.8) is 0 Å². The van der Waals surface area contributed by atoms with E-state index in [1.54, 1.807) is 23.3 Å². The lowest BCUT2D eigenvalue weighted by Crippen LogP contribution is -2.55. The molecule has 0 bridgehead atoms. The van der Waals surface area contributed by atoms with Crippen LogP contribution in [-0.4, -0.2) is 60.1 Å². The van der Waals surface area contributed by atoms with Crippen LogP contribution in [0.15, 0.2) is 35.7 Å². The van der Waals surface area contributed by atoms with Crippen molar-refractivity contribution in [3.8, 4) is 11.5 Å². The fourth-order valence-corrected chi connectivity index (χ4v) is 4.99. The van der Waals surface area contributed by atoms with Gasteiger partial charge < -0.3 is 24.6 Å². The van der Waals surface area contributed by atoms with Crippen molar-refractivity contribution in [1.29, 1.82) is 0 Å². The maximum Gasteiger partial charge on any atom is 0.318 e. The Balaban J connectivity index is 1.80. The summed E-state index contributed by atoms with van der Waals surface area (Å²) in [6, 6.07) is 9.09. The molecule has 7 nitrogen and oxygen atoms in total. The van der Waals surface area contributed by atoms with Crippen LogP contribution >= 0.6 is 11.3 Å². The smallest absolute Gasteiger partial charge is 0.318 e. The van der Waals surface area contributed by atoms with E-state index in [1.165, 1.54) is 4.88 Å². The van der Waals surface area contributed by atoms with E-state index in [0.717, 1.165) is 18.4 Å². The first-order chi connectivity index (χ1) is 16.1. The van der Waals surface area contributed by atoms with Crippen molar-refractivity contribution in [2.45, 2.75) is 65.1 Å². The summed E-state index contributed by atoms with van der Waals surface area (Å²) in [6.45, 7) is 10.8. The van der Waals surface area contributed by atoms with E-state index in [9.17, 15) is 9.59 Å². The number of urea groups is 1. The van der Waals surface area contributed by atoms with Gasteiger partial charge in [0.15, 0.2) is 11.5 Å². The third-order valence-electron chi connectivity index (χ3n) is 6.05. The van der Waals surface area contributed by atoms with Crippen LogP contribution < -0.4 is 14.8 Å². The second-order valence-electron chi connectivity index (χ2n) is 9.68. The Morgan fingerprint density at radius 2 is 1.94 bits per heavy atom. The monoisotopic (exact) mass is 487 g/mol. The molecule has 0 radical (unpaired) electrons. The first-order valence-corrected chi connectivity index (χ1v) is 12.7. The Bertz CT molecular complexity index is 984. The maximum atomic E-state index is 13.6. The summed E-state index contributed by atoms with van der Waals surface area (Å²) in [4.78, 5) is 31.4. The zero-order valence-electron chi connectivity index (χ0n) is 21.1. The van der Waals surface area contributed by atoms with Crippen molar-refractivity contribution in [3.05, 3.63) is 46.2 Å². The van der Waals surface area contributed by atoms with Crippen LogP contribution in [0.1, 0.15) is 57.5 Å². The first-order valence-electron chi connectivity index (χ1n) is 11.8. The van der Waals surface area contributed by atoms with E-state index in [4.69, 9.17) is 9.47 Å². The fraction of sp³-hybridized carbons (Fsp3) is 0.538. The molecule has 8 heteroatoms. The lowest BCUT2D eigenvalue weighted by atomic mass is 10.00. The lowest BCUT2D eigenvalue weighted by Gasteiger charge is -2.38. The molecule has 0 unspecified atom stereocenters. The Kier molecular flexibility index (Phi) is 8.47. The molecule has 0 spiro atoms. The second-order valence-corrected chi connectivity index (χ2v) is 10.7. The van der Waals surface area contributed by atoms with E-state index >= 15 is 0 Å². The van der Waals surface area contributed by atoms with Gasteiger partial charge in [0.1, 0.15) is 13.2 Å². The average Bonchev–Trinajstić information content (AvgIpc) is 3.28. The standard InChI is InChI=1S/C26H37N3O4S/c1-7-18(2)29(25(31)27-26(3,4)5)16-24(30)28-14-12-23-19(13-15-34-23)20(28)17-33-22-11-9-8-10-21(22)32-6/h8-11,13,15,18,20H,7,12,14,16-17H2,1-6H3,(H,27,31)/t18-,20-/m1/s1. The summed E-state index contributed by atoms with van der Waals surface area (Å²) >= 11 is 1.71. The predicted molar refractivity (Wildman–Crippen MR) is 136 cm³/mol. The number of rotatable bonds is 8. The molecule has 3 amide bonds. The van der Waals surface area contributed by atoms with Crippen LogP contribution in [0, 0.1) is 0 Å². The largest absolute Gasteiger partial charge is 0.493 e. The molecule has 186 valence electrons. The molecule has 3 rings (SSSR count). The minimum atomic E-state index is -0.381. The molecule has 0 fully saturated rings. The van der Waals surface area contributed by atoms with E-state index in [1.807, 2.05) is 63.8 Å². The van der Waals surface area contributed by atoms with Gasteiger partial charge in [-0.15, -0.1) is 11.3 Å². The molecule has 0 aliphatic carbocycles. The molecule has 1 N–H and O–H groups in total. The van der Waals surface area contributed by atoms with Crippen molar-refractivity contribution in [1.82, 2.24) is 15.1 Å². The van der Waals surface area contributed by atoms with Crippen LogP contribution in [0.2, 0.25) is 0 Å². The van der Waals surface area contributed by atoms with Crippen molar-refractivity contribution in [2.75, 3.05) is 26.8 Å². The molecule has 0 saturated carbocycles. The number of carbonyl (C=O) groups excluding carboxylic acids is 2. The molecule has 1 aromatic heterocycles. The molecule has 2 atom stereocenters. The molecule has 1 aromatic carbocycles. The topological polar surface area (TPSA) is 71.1 Å². The number of nitrogens with zero attached hydrogens (tertiary/aromatic N) is 2. The highest BCUT2D eigenvalue weighted by Crippen LogP contribution is 2.35. The first kappa shape index (κ1) is 25.9. The number of para-hydroxylation sites is 2. The third-order valence-corrected chi connectivity index (χ3v) is 7.05. The van der Waals surface area contributed by atoms with Crippen molar-refractivity contribution < 1.29 is 19.1 Å². The Morgan fingerprint density at radius 1 is 1.24 bits per heavy atom. The summed E-state index contributed by atoms with van der Waals surface area (Å²) in [5.74, 6) is 1.23. The zero-order chi connectivity index (χ0) is 24.9. The van der Waals surface area contributed by atoms with Crippen LogP contribution in [0.4, 0.5) is 4.79 Å². The van der Waals surface area contributed by atoms with Crippen LogP contribution in [0.3, 0.4) is 0 Å². The summed E-state index contributed by atoms with van der Waals surface area (Å²) in [5.41, 5.74) is 0.738. The van der Waals surface area contributed by atoms with Gasteiger partial charge in [-0.25, -0.2) is 4.79 Å². The number of nitrogens with one attached hydrogen (secondary N) is 1. The van der Waals surface area contributed by atoms with Gasteiger partial charge in [0.25, 0.3) is 0 Å². The van der Waals surface area contributed by atoms with Crippen LogP contribution in [0.25, 0.3) is 0 Å². The molecule has 2 aromatic rings. The number of hydrogen-bond acceptors (Lipinski definition) is 5. The number of hydrogen-bond donors (Lipinski definition) is 1. The van der Waals surface area contributed by atoms with E-state index in [-0.39, 0.29) is 36.1 Å². The Labute approximate surface area is 207 Å². The molecule has 34 heavy (non-hydrogen) atoms. The fourth-order valence-electron chi connectivity index (χ4n) is 4.06. The molecule has 2 heterocycles. The third kappa shape index (κ3) is 6.23. The number of carbonyl (C=O) groups is 2. The minimum absolute atomic E-state index is 0.0293. The summed E-state index contributed by atoms with van der Waals surface area (Å²) in [5, 5.41) is 5.07. The molecule has 1 aliphatic heterocycles. The molecule has 1 aliphatic rings. The molecular weight excluding hydrogens is 450 g/mol. The highest BCUT2D eigenvalue weighted by molar-refractivity contribution is 7.10. The van der Waals surface area contributed by atoms with Gasteiger partial charge in [0.05, 0.1) is 13.2 Å². The zero-order valence-corrected chi connectivity index (χ0v) is 21.9. The number of thiophene rings is 1. The van der Waals surface area contributed by atoms with E-state index in [0.29, 0.717) is 24.7 Å². The number of amides is 3. The van der Waals surface area contributed by atoms with Crippen molar-refractivity contribution in [2.24, 2.45) is 0 Å². The highest BCUT2D eigenvalue weighted by atomic mass is 32.1. The quantitative estimate of drug-likeness (QED) is 0.577. The van der Waals surface area contributed by atoms with Gasteiger partial charge in [-0.3, -0.25) is 4.79 Å². The van der Waals surface area contributed by atoms with Crippen LogP contribution in [-0.2, 0) is 11.2 Å².